The van der Waals surface area contributed by atoms with E-state index in [1.807, 2.05) is 18.2 Å². The van der Waals surface area contributed by atoms with Gasteiger partial charge in [0.25, 0.3) is 5.91 Å². The number of fused-ring (bicyclic) bond motifs is 1. The molecular formula is C22H21N6O4S-. The van der Waals surface area contributed by atoms with E-state index in [0.29, 0.717) is 36.0 Å². The van der Waals surface area contributed by atoms with Crippen molar-refractivity contribution in [1.82, 2.24) is 15.3 Å². The van der Waals surface area contributed by atoms with Crippen molar-refractivity contribution in [3.05, 3.63) is 72.1 Å². The van der Waals surface area contributed by atoms with Gasteiger partial charge < -0.3 is 24.8 Å². The van der Waals surface area contributed by atoms with Crippen LogP contribution in [0.2, 0.25) is 0 Å². The lowest BCUT2D eigenvalue weighted by Gasteiger charge is -2.28. The third kappa shape index (κ3) is 4.38. The third-order valence-electron chi connectivity index (χ3n) is 5.44. The smallest absolute Gasteiger partial charge is 0.276 e. The molecule has 1 aromatic carbocycles. The number of carbonyl (C=O) groups is 1. The summed E-state index contributed by atoms with van der Waals surface area (Å²) in [4.78, 5) is 19.9. The van der Waals surface area contributed by atoms with Crippen molar-refractivity contribution in [1.29, 1.82) is 0 Å². The number of allylic oxidation sites excluding steroid dienone is 1. The van der Waals surface area contributed by atoms with Crippen molar-refractivity contribution in [2.24, 2.45) is 5.10 Å². The normalized spacial score (nSPS) is 20.5. The summed E-state index contributed by atoms with van der Waals surface area (Å²) in [5, 5.41) is 12.0. The number of pyridine rings is 1. The van der Waals surface area contributed by atoms with E-state index in [-0.39, 0.29) is 17.0 Å². The van der Waals surface area contributed by atoms with Crippen LogP contribution in [0.4, 0.5) is 11.6 Å². The second kappa shape index (κ2) is 9.14. The monoisotopic (exact) mass is 465 g/mol. The largest absolute Gasteiger partial charge is 0.768 e. The van der Waals surface area contributed by atoms with Gasteiger partial charge in [-0.05, 0) is 41.4 Å². The van der Waals surface area contributed by atoms with E-state index in [9.17, 15) is 13.6 Å². The minimum Gasteiger partial charge on any atom is -0.768 e. The van der Waals surface area contributed by atoms with Gasteiger partial charge in [0.05, 0.1) is 18.9 Å². The summed E-state index contributed by atoms with van der Waals surface area (Å²) in [6.07, 6.45) is 4.80. The molecule has 33 heavy (non-hydrogen) atoms. The Kier molecular flexibility index (Phi) is 5.90. The molecule has 0 spiro atoms. The average Bonchev–Trinajstić information content (AvgIpc) is 3.28. The molecule has 1 amide bonds. The van der Waals surface area contributed by atoms with Gasteiger partial charge >= 0.3 is 0 Å². The van der Waals surface area contributed by atoms with Crippen LogP contribution < -0.4 is 15.5 Å². The van der Waals surface area contributed by atoms with Crippen LogP contribution in [-0.4, -0.2) is 62.8 Å². The molecule has 11 heteroatoms. The van der Waals surface area contributed by atoms with Gasteiger partial charge in [0.1, 0.15) is 23.5 Å². The number of anilines is 2. The zero-order valence-electron chi connectivity index (χ0n) is 17.5. The first kappa shape index (κ1) is 21.3. The molecule has 0 saturated carbocycles. The first-order valence-electron chi connectivity index (χ1n) is 10.4. The standard InChI is InChI=1S/C22H22N6O4S/c29-22(25-19-6-3-7-21(24-19)27-10-12-32-13-11-27)17-14-23-20-9-8-16(26-28(17)20)15-4-1-2-5-18(15)33(30)31/h1-9,14,20,23H,10-13H2,(H,30,31)(H,24,25,29)/p-1. The van der Waals surface area contributed by atoms with Crippen LogP contribution in [0.25, 0.3) is 0 Å². The van der Waals surface area contributed by atoms with Crippen LogP contribution in [0, 0.1) is 0 Å². The van der Waals surface area contributed by atoms with Crippen LogP contribution in [0.5, 0.6) is 0 Å². The Morgan fingerprint density at radius 2 is 2.00 bits per heavy atom. The number of nitrogens with zero attached hydrogens (tertiary/aromatic N) is 4. The molecule has 2 N–H and O–H groups in total. The number of carbonyl (C=O) groups excluding carboxylic acids is 1. The van der Waals surface area contributed by atoms with Crippen molar-refractivity contribution in [2.75, 3.05) is 36.5 Å². The fourth-order valence-corrected chi connectivity index (χ4v) is 4.36. The number of hydrogen-bond acceptors (Lipinski definition) is 9. The molecule has 4 heterocycles. The molecule has 0 bridgehead atoms. The molecular weight excluding hydrogens is 444 g/mol. The summed E-state index contributed by atoms with van der Waals surface area (Å²) in [7, 11) is 0. The second-order valence-electron chi connectivity index (χ2n) is 7.50. The Hall–Kier alpha value is -3.54. The van der Waals surface area contributed by atoms with Crippen molar-refractivity contribution in [2.45, 2.75) is 11.1 Å². The van der Waals surface area contributed by atoms with Crippen LogP contribution in [0.1, 0.15) is 5.56 Å². The quantitative estimate of drug-likeness (QED) is 0.631. The number of hydrazone groups is 1. The highest BCUT2D eigenvalue weighted by atomic mass is 32.2. The lowest BCUT2D eigenvalue weighted by atomic mass is 10.1. The Balaban J connectivity index is 1.35. The fourth-order valence-electron chi connectivity index (χ4n) is 3.81. The number of rotatable bonds is 5. The highest BCUT2D eigenvalue weighted by molar-refractivity contribution is 7.79. The maximum atomic E-state index is 13.0. The number of nitrogens with one attached hydrogen (secondary N) is 2. The Morgan fingerprint density at radius 1 is 1.18 bits per heavy atom. The van der Waals surface area contributed by atoms with Gasteiger partial charge in [-0.1, -0.05) is 24.3 Å². The maximum absolute atomic E-state index is 13.0. The highest BCUT2D eigenvalue weighted by Gasteiger charge is 2.31. The maximum Gasteiger partial charge on any atom is 0.276 e. The SMILES string of the molecule is O=C(Nc1cccc(N2CCOCC2)n1)C1=CNC2C=CC(c3ccccc3S(=O)[O-])=NN12. The van der Waals surface area contributed by atoms with Gasteiger partial charge in [-0.3, -0.25) is 9.00 Å². The van der Waals surface area contributed by atoms with E-state index in [1.165, 1.54) is 11.1 Å². The van der Waals surface area contributed by atoms with E-state index in [0.717, 1.165) is 18.9 Å². The van der Waals surface area contributed by atoms with Crippen LogP contribution in [0.15, 0.2) is 76.5 Å². The molecule has 170 valence electrons. The average molecular weight is 466 g/mol. The lowest BCUT2D eigenvalue weighted by molar-refractivity contribution is -0.114. The summed E-state index contributed by atoms with van der Waals surface area (Å²) in [5.74, 6) is 0.823. The van der Waals surface area contributed by atoms with Crippen LogP contribution in [0.3, 0.4) is 0 Å². The number of aromatic nitrogens is 1. The second-order valence-corrected chi connectivity index (χ2v) is 8.40. The zero-order valence-corrected chi connectivity index (χ0v) is 18.3. The minimum absolute atomic E-state index is 0.144. The van der Waals surface area contributed by atoms with Crippen molar-refractivity contribution < 1.29 is 18.3 Å². The fraction of sp³-hybridized carbons (Fsp3) is 0.227. The summed E-state index contributed by atoms with van der Waals surface area (Å²) in [6, 6.07) is 12.1. The van der Waals surface area contributed by atoms with Gasteiger partial charge in [0, 0.05) is 29.7 Å². The van der Waals surface area contributed by atoms with Gasteiger partial charge in [-0.15, -0.1) is 0 Å². The molecule has 1 saturated heterocycles. The minimum atomic E-state index is -2.41. The van der Waals surface area contributed by atoms with Crippen LogP contribution in [-0.2, 0) is 20.6 Å². The summed E-state index contributed by atoms with van der Waals surface area (Å²) >= 11 is -2.41. The van der Waals surface area contributed by atoms with E-state index in [1.54, 1.807) is 36.5 Å². The number of amides is 1. The molecule has 2 unspecified atom stereocenters. The predicted molar refractivity (Wildman–Crippen MR) is 122 cm³/mol. The molecule has 3 aliphatic rings. The first-order valence-corrected chi connectivity index (χ1v) is 11.5. The number of morpholine rings is 1. The number of benzene rings is 1. The lowest BCUT2D eigenvalue weighted by Crippen LogP contribution is -2.37. The van der Waals surface area contributed by atoms with Crippen molar-refractivity contribution in [3.63, 3.8) is 0 Å². The van der Waals surface area contributed by atoms with E-state index in [2.05, 4.69) is 25.6 Å². The van der Waals surface area contributed by atoms with Crippen molar-refractivity contribution in [3.8, 4) is 0 Å². The molecule has 2 atom stereocenters. The van der Waals surface area contributed by atoms with E-state index >= 15 is 0 Å². The topological polar surface area (TPSA) is 122 Å². The summed E-state index contributed by atoms with van der Waals surface area (Å²) < 4.78 is 28.6. The molecule has 5 rings (SSSR count). The van der Waals surface area contributed by atoms with Crippen LogP contribution >= 0.6 is 0 Å². The molecule has 10 nitrogen and oxygen atoms in total. The summed E-state index contributed by atoms with van der Waals surface area (Å²) in [6.45, 7) is 2.77. The molecule has 1 fully saturated rings. The third-order valence-corrected chi connectivity index (χ3v) is 6.15. The number of ether oxygens (including phenoxy) is 1. The summed E-state index contributed by atoms with van der Waals surface area (Å²) in [5.41, 5.74) is 1.20. The molecule has 0 aliphatic carbocycles. The molecule has 1 aromatic heterocycles. The Morgan fingerprint density at radius 3 is 2.82 bits per heavy atom. The Bertz CT molecular complexity index is 1190. The van der Waals surface area contributed by atoms with Gasteiger partial charge in [-0.25, -0.2) is 9.99 Å². The van der Waals surface area contributed by atoms with Crippen molar-refractivity contribution >= 4 is 34.3 Å². The predicted octanol–water partition coefficient (Wildman–Crippen LogP) is 1.14. The molecule has 0 radical (unpaired) electrons. The molecule has 2 aromatic rings. The molecule has 3 aliphatic heterocycles. The highest BCUT2D eigenvalue weighted by Crippen LogP contribution is 2.25. The van der Waals surface area contributed by atoms with E-state index in [4.69, 9.17) is 4.74 Å². The Labute approximate surface area is 192 Å². The number of hydrogen-bond donors (Lipinski definition) is 2. The van der Waals surface area contributed by atoms with Gasteiger partial charge in [0.15, 0.2) is 0 Å². The van der Waals surface area contributed by atoms with Gasteiger partial charge in [-0.2, -0.15) is 5.10 Å². The van der Waals surface area contributed by atoms with E-state index < -0.39 is 11.1 Å². The first-order chi connectivity index (χ1) is 16.1. The zero-order chi connectivity index (χ0) is 22.8. The van der Waals surface area contributed by atoms with Gasteiger partial charge in [0.2, 0.25) is 0 Å².